The number of nitrogens with zero attached hydrogens (tertiary/aromatic N) is 2. The third-order valence-electron chi connectivity index (χ3n) is 4.91. The lowest BCUT2D eigenvalue weighted by Crippen LogP contribution is -2.38. The fourth-order valence-corrected chi connectivity index (χ4v) is 3.95. The van der Waals surface area contributed by atoms with E-state index in [1.165, 1.54) is 12.8 Å². The summed E-state index contributed by atoms with van der Waals surface area (Å²) in [7, 11) is 0. The highest BCUT2D eigenvalue weighted by Crippen LogP contribution is 2.32. The zero-order chi connectivity index (χ0) is 19.2. The number of halogens is 2. The van der Waals surface area contributed by atoms with E-state index >= 15 is 0 Å². The number of amides is 1. The van der Waals surface area contributed by atoms with E-state index in [0.717, 1.165) is 31.8 Å². The maximum Gasteiger partial charge on any atom is 0.272 e. The van der Waals surface area contributed by atoms with Gasteiger partial charge in [0.25, 0.3) is 5.91 Å². The molecule has 1 aromatic heterocycles. The van der Waals surface area contributed by atoms with Gasteiger partial charge in [-0.2, -0.15) is 0 Å². The summed E-state index contributed by atoms with van der Waals surface area (Å²) in [6.07, 6.45) is 4.61. The Labute approximate surface area is 170 Å². The lowest BCUT2D eigenvalue weighted by Gasteiger charge is -2.31. The Morgan fingerprint density at radius 2 is 1.81 bits per heavy atom. The SMILES string of the molecule is CCCC1CCN(C(=O)c2cccc(COc3c(Cl)cccc3Cl)n2)CC1. The monoisotopic (exact) mass is 406 g/mol. The van der Waals surface area contributed by atoms with Gasteiger partial charge in [-0.25, -0.2) is 4.98 Å². The van der Waals surface area contributed by atoms with Crippen molar-refractivity contribution in [1.29, 1.82) is 0 Å². The summed E-state index contributed by atoms with van der Waals surface area (Å²) in [6.45, 7) is 4.02. The fourth-order valence-electron chi connectivity index (χ4n) is 3.44. The average Bonchev–Trinajstić information content (AvgIpc) is 2.68. The Morgan fingerprint density at radius 1 is 1.15 bits per heavy atom. The molecule has 0 spiro atoms. The van der Waals surface area contributed by atoms with Gasteiger partial charge >= 0.3 is 0 Å². The first-order valence-corrected chi connectivity index (χ1v) is 10.2. The first kappa shape index (κ1) is 20.0. The summed E-state index contributed by atoms with van der Waals surface area (Å²) >= 11 is 12.2. The van der Waals surface area contributed by atoms with Crippen LogP contribution in [0.4, 0.5) is 0 Å². The Bertz CT molecular complexity index is 769. The van der Waals surface area contributed by atoms with Gasteiger partial charge in [0.1, 0.15) is 12.3 Å². The van der Waals surface area contributed by atoms with Crippen LogP contribution in [-0.4, -0.2) is 28.9 Å². The second-order valence-corrected chi connectivity index (χ2v) is 7.69. The molecule has 0 atom stereocenters. The number of carbonyl (C=O) groups is 1. The highest BCUT2D eigenvalue weighted by atomic mass is 35.5. The number of ether oxygens (including phenoxy) is 1. The first-order chi connectivity index (χ1) is 13.1. The summed E-state index contributed by atoms with van der Waals surface area (Å²) in [5.41, 5.74) is 1.12. The van der Waals surface area contributed by atoms with Gasteiger partial charge in [-0.05, 0) is 43.0 Å². The quantitative estimate of drug-likeness (QED) is 0.624. The van der Waals surface area contributed by atoms with E-state index in [1.807, 2.05) is 17.0 Å². The Morgan fingerprint density at radius 3 is 2.48 bits per heavy atom. The van der Waals surface area contributed by atoms with Crippen molar-refractivity contribution in [3.8, 4) is 5.75 Å². The van der Waals surface area contributed by atoms with Gasteiger partial charge < -0.3 is 9.64 Å². The lowest BCUT2D eigenvalue weighted by atomic mass is 9.92. The number of rotatable bonds is 6. The molecule has 1 aliphatic heterocycles. The Balaban J connectivity index is 1.63. The van der Waals surface area contributed by atoms with Crippen LogP contribution >= 0.6 is 23.2 Å². The van der Waals surface area contributed by atoms with E-state index in [0.29, 0.717) is 27.2 Å². The fraction of sp³-hybridized carbons (Fsp3) is 0.429. The molecule has 0 saturated carbocycles. The second-order valence-electron chi connectivity index (χ2n) is 6.88. The van der Waals surface area contributed by atoms with Gasteiger partial charge in [0.05, 0.1) is 15.7 Å². The maximum atomic E-state index is 12.8. The summed E-state index contributed by atoms with van der Waals surface area (Å²) < 4.78 is 5.72. The van der Waals surface area contributed by atoms with Crippen LogP contribution in [0.3, 0.4) is 0 Å². The minimum absolute atomic E-state index is 0.0115. The number of aromatic nitrogens is 1. The molecular formula is C21H24Cl2N2O2. The van der Waals surface area contributed by atoms with Crippen molar-refractivity contribution in [3.63, 3.8) is 0 Å². The van der Waals surface area contributed by atoms with Crippen LogP contribution in [0, 0.1) is 5.92 Å². The van der Waals surface area contributed by atoms with Gasteiger partial charge in [-0.15, -0.1) is 0 Å². The standard InChI is InChI=1S/C21H24Cl2N2O2/c1-2-5-15-10-12-25(13-11-15)21(26)19-9-3-6-16(24-19)14-27-20-17(22)7-4-8-18(20)23/h3-4,6-9,15H,2,5,10-14H2,1H3. The smallest absolute Gasteiger partial charge is 0.272 e. The molecule has 0 bridgehead atoms. The van der Waals surface area contributed by atoms with Crippen molar-refractivity contribution in [1.82, 2.24) is 9.88 Å². The van der Waals surface area contributed by atoms with Crippen LogP contribution in [0.25, 0.3) is 0 Å². The molecule has 4 nitrogen and oxygen atoms in total. The number of hydrogen-bond donors (Lipinski definition) is 0. The number of carbonyl (C=O) groups excluding carboxylic acids is 1. The van der Waals surface area contributed by atoms with E-state index in [2.05, 4.69) is 11.9 Å². The van der Waals surface area contributed by atoms with Gasteiger partial charge in [-0.1, -0.05) is 55.1 Å². The second kappa shape index (κ2) is 9.43. The predicted molar refractivity (Wildman–Crippen MR) is 109 cm³/mol. The molecule has 0 radical (unpaired) electrons. The number of piperidine rings is 1. The van der Waals surface area contributed by atoms with Crippen LogP contribution in [0.1, 0.15) is 48.8 Å². The number of likely N-dealkylation sites (tertiary alicyclic amines) is 1. The van der Waals surface area contributed by atoms with E-state index in [1.54, 1.807) is 24.3 Å². The van der Waals surface area contributed by atoms with E-state index in [-0.39, 0.29) is 12.5 Å². The zero-order valence-corrected chi connectivity index (χ0v) is 17.0. The zero-order valence-electron chi connectivity index (χ0n) is 15.5. The molecule has 0 unspecified atom stereocenters. The van der Waals surface area contributed by atoms with E-state index < -0.39 is 0 Å². The summed E-state index contributed by atoms with van der Waals surface area (Å²) in [6, 6.07) is 10.6. The highest BCUT2D eigenvalue weighted by Gasteiger charge is 2.24. The largest absolute Gasteiger partial charge is 0.484 e. The third-order valence-corrected chi connectivity index (χ3v) is 5.50. The molecule has 1 aliphatic rings. The maximum absolute atomic E-state index is 12.8. The minimum atomic E-state index is -0.0115. The normalized spacial score (nSPS) is 15.0. The van der Waals surface area contributed by atoms with Crippen molar-refractivity contribution >= 4 is 29.1 Å². The number of hydrogen-bond acceptors (Lipinski definition) is 3. The van der Waals surface area contributed by atoms with Crippen molar-refractivity contribution < 1.29 is 9.53 Å². The van der Waals surface area contributed by atoms with E-state index in [9.17, 15) is 4.79 Å². The van der Waals surface area contributed by atoms with Crippen molar-refractivity contribution in [2.75, 3.05) is 13.1 Å². The molecule has 1 amide bonds. The summed E-state index contributed by atoms with van der Waals surface area (Å²) in [4.78, 5) is 19.2. The number of pyridine rings is 1. The van der Waals surface area contributed by atoms with Crippen LogP contribution in [0.5, 0.6) is 5.75 Å². The van der Waals surface area contributed by atoms with Gasteiger partial charge in [0.2, 0.25) is 0 Å². The molecule has 2 heterocycles. The molecule has 27 heavy (non-hydrogen) atoms. The molecule has 2 aromatic rings. The van der Waals surface area contributed by atoms with Crippen LogP contribution in [-0.2, 0) is 6.61 Å². The van der Waals surface area contributed by atoms with Crippen molar-refractivity contribution in [3.05, 3.63) is 57.8 Å². The summed E-state index contributed by atoms with van der Waals surface area (Å²) in [5.74, 6) is 1.16. The summed E-state index contributed by atoms with van der Waals surface area (Å²) in [5, 5.41) is 0.898. The van der Waals surface area contributed by atoms with Crippen molar-refractivity contribution in [2.45, 2.75) is 39.2 Å². The predicted octanol–water partition coefficient (Wildman–Crippen LogP) is 5.62. The van der Waals surface area contributed by atoms with E-state index in [4.69, 9.17) is 27.9 Å². The van der Waals surface area contributed by atoms with Gasteiger partial charge in [-0.3, -0.25) is 4.79 Å². The number of para-hydroxylation sites is 1. The first-order valence-electron chi connectivity index (χ1n) is 9.40. The third kappa shape index (κ3) is 5.14. The topological polar surface area (TPSA) is 42.4 Å². The highest BCUT2D eigenvalue weighted by molar-refractivity contribution is 6.37. The molecule has 3 rings (SSSR count). The molecule has 144 valence electrons. The Kier molecular flexibility index (Phi) is 6.97. The lowest BCUT2D eigenvalue weighted by molar-refractivity contribution is 0.0680. The molecule has 1 fully saturated rings. The number of benzene rings is 1. The molecule has 1 saturated heterocycles. The average molecular weight is 407 g/mol. The van der Waals surface area contributed by atoms with Crippen LogP contribution < -0.4 is 4.74 Å². The van der Waals surface area contributed by atoms with Gasteiger partial charge in [0.15, 0.2) is 5.75 Å². The Hall–Kier alpha value is -1.78. The van der Waals surface area contributed by atoms with Crippen LogP contribution in [0.2, 0.25) is 10.0 Å². The van der Waals surface area contributed by atoms with Crippen LogP contribution in [0.15, 0.2) is 36.4 Å². The van der Waals surface area contributed by atoms with Gasteiger partial charge in [0, 0.05) is 13.1 Å². The molecule has 1 aromatic carbocycles. The minimum Gasteiger partial charge on any atom is -0.484 e. The molecule has 6 heteroatoms. The van der Waals surface area contributed by atoms with Crippen molar-refractivity contribution in [2.24, 2.45) is 5.92 Å². The molecule has 0 N–H and O–H groups in total. The molecular weight excluding hydrogens is 383 g/mol. The molecule has 0 aliphatic carbocycles.